The molecule has 0 amide bonds. The van der Waals surface area contributed by atoms with Gasteiger partial charge in [-0.2, -0.15) is 5.10 Å². The molecule has 0 spiro atoms. The summed E-state index contributed by atoms with van der Waals surface area (Å²) < 4.78 is 39.6. The molecule has 2 rings (SSSR count). The third kappa shape index (κ3) is 3.23. The summed E-state index contributed by atoms with van der Waals surface area (Å²) >= 11 is 0. The summed E-state index contributed by atoms with van der Waals surface area (Å²) in [5.74, 6) is -2.81. The molecule has 8 nitrogen and oxygen atoms in total. The summed E-state index contributed by atoms with van der Waals surface area (Å²) in [6, 6.07) is 4.51. The number of halogens is 1. The van der Waals surface area contributed by atoms with Crippen molar-refractivity contribution in [3.63, 3.8) is 0 Å². The molecule has 0 unspecified atom stereocenters. The molecule has 0 aliphatic carbocycles. The van der Waals surface area contributed by atoms with Gasteiger partial charge in [-0.05, 0) is 24.3 Å². The van der Waals surface area contributed by atoms with Crippen molar-refractivity contribution in [2.24, 2.45) is 0 Å². The van der Waals surface area contributed by atoms with E-state index in [0.29, 0.717) is 6.07 Å². The van der Waals surface area contributed by atoms with Gasteiger partial charge >= 0.3 is 5.97 Å². The molecule has 0 atom stereocenters. The van der Waals surface area contributed by atoms with E-state index in [2.05, 4.69) is 5.10 Å². The first-order chi connectivity index (χ1) is 9.79. The van der Waals surface area contributed by atoms with Gasteiger partial charge in [0, 0.05) is 6.07 Å². The van der Waals surface area contributed by atoms with Crippen molar-refractivity contribution in [2.75, 3.05) is 4.72 Å². The lowest BCUT2D eigenvalue weighted by atomic mass is 10.2. The minimum atomic E-state index is -4.30. The average Bonchev–Trinajstić information content (AvgIpc) is 2.40. The van der Waals surface area contributed by atoms with Crippen LogP contribution in [0.15, 0.2) is 40.0 Å². The van der Waals surface area contributed by atoms with E-state index in [0.717, 1.165) is 24.3 Å². The molecule has 0 saturated carbocycles. The lowest BCUT2D eigenvalue weighted by molar-refractivity contribution is 0.0696. The largest absolute Gasteiger partial charge is 0.478 e. The Morgan fingerprint density at radius 1 is 1.29 bits per heavy atom. The molecule has 110 valence electrons. The lowest BCUT2D eigenvalue weighted by Crippen LogP contribution is -2.17. The van der Waals surface area contributed by atoms with Crippen molar-refractivity contribution in [3.05, 3.63) is 52.1 Å². The second-order valence-electron chi connectivity index (χ2n) is 3.86. The van der Waals surface area contributed by atoms with Crippen molar-refractivity contribution in [1.82, 2.24) is 10.2 Å². The quantitative estimate of drug-likeness (QED) is 0.749. The molecule has 0 radical (unpaired) electrons. The van der Waals surface area contributed by atoms with Gasteiger partial charge in [-0.1, -0.05) is 0 Å². The van der Waals surface area contributed by atoms with Crippen LogP contribution >= 0.6 is 0 Å². The van der Waals surface area contributed by atoms with Gasteiger partial charge in [-0.15, -0.1) is 0 Å². The second kappa shape index (κ2) is 5.32. The molecule has 1 aromatic carbocycles. The zero-order valence-electron chi connectivity index (χ0n) is 10.2. The van der Waals surface area contributed by atoms with E-state index in [-0.39, 0.29) is 11.4 Å². The standard InChI is InChI=1S/C11H8FN3O5S/c12-7-5-6(11(17)18)1-2-8(7)21(19,20)15-9-3-4-10(16)14-13-9/h1-5H,(H,13,15)(H,14,16)(H,17,18). The first kappa shape index (κ1) is 14.7. The Morgan fingerprint density at radius 3 is 2.52 bits per heavy atom. The number of nitrogens with zero attached hydrogens (tertiary/aromatic N) is 1. The average molecular weight is 313 g/mol. The Bertz CT molecular complexity index is 842. The zero-order chi connectivity index (χ0) is 15.6. The van der Waals surface area contributed by atoms with E-state index in [1.54, 1.807) is 0 Å². The minimum Gasteiger partial charge on any atom is -0.478 e. The molecule has 0 saturated heterocycles. The third-order valence-corrected chi connectivity index (χ3v) is 3.77. The topological polar surface area (TPSA) is 129 Å². The Labute approximate surface area is 117 Å². The van der Waals surface area contributed by atoms with Gasteiger partial charge in [0.05, 0.1) is 5.56 Å². The van der Waals surface area contributed by atoms with Crippen molar-refractivity contribution in [1.29, 1.82) is 0 Å². The maximum atomic E-state index is 13.7. The number of rotatable bonds is 4. The number of nitrogens with one attached hydrogen (secondary N) is 2. The number of sulfonamides is 1. The number of hydrogen-bond acceptors (Lipinski definition) is 5. The summed E-state index contributed by atoms with van der Waals surface area (Å²) in [6.07, 6.45) is 0. The Morgan fingerprint density at radius 2 is 2.00 bits per heavy atom. The summed E-state index contributed by atoms with van der Waals surface area (Å²) in [5, 5.41) is 14.1. The third-order valence-electron chi connectivity index (χ3n) is 2.39. The molecule has 3 N–H and O–H groups in total. The van der Waals surface area contributed by atoms with Gasteiger partial charge in [0.2, 0.25) is 0 Å². The number of carboxylic acids is 1. The van der Waals surface area contributed by atoms with Gasteiger partial charge in [0.1, 0.15) is 10.7 Å². The van der Waals surface area contributed by atoms with Crippen LogP contribution in [0.5, 0.6) is 0 Å². The molecule has 0 bridgehead atoms. The number of benzene rings is 1. The molecular formula is C11H8FN3O5S. The fourth-order valence-corrected chi connectivity index (χ4v) is 2.51. The van der Waals surface area contributed by atoms with Gasteiger partial charge in [-0.3, -0.25) is 9.52 Å². The molecule has 21 heavy (non-hydrogen) atoms. The second-order valence-corrected chi connectivity index (χ2v) is 5.51. The molecule has 1 aromatic heterocycles. The van der Waals surface area contributed by atoms with E-state index >= 15 is 0 Å². The number of H-pyrrole nitrogens is 1. The fourth-order valence-electron chi connectivity index (χ4n) is 1.45. The van der Waals surface area contributed by atoms with Crippen LogP contribution in [0.4, 0.5) is 10.2 Å². The number of aromatic amines is 1. The summed E-state index contributed by atoms with van der Waals surface area (Å²) in [6.45, 7) is 0. The first-order valence-corrected chi connectivity index (χ1v) is 6.89. The predicted molar refractivity (Wildman–Crippen MR) is 69.0 cm³/mol. The Kier molecular flexibility index (Phi) is 3.72. The van der Waals surface area contributed by atoms with Crippen LogP contribution < -0.4 is 10.3 Å². The maximum Gasteiger partial charge on any atom is 0.335 e. The van der Waals surface area contributed by atoms with Crippen molar-refractivity contribution in [2.45, 2.75) is 4.90 Å². The molecule has 0 aliphatic rings. The molecule has 1 heterocycles. The van der Waals surface area contributed by atoms with Crippen LogP contribution in [-0.4, -0.2) is 29.7 Å². The van der Waals surface area contributed by atoms with Gasteiger partial charge < -0.3 is 5.11 Å². The number of carboxylic acid groups (broad SMARTS) is 1. The van der Waals surface area contributed by atoms with E-state index in [4.69, 9.17) is 5.11 Å². The minimum absolute atomic E-state index is 0.212. The summed E-state index contributed by atoms with van der Waals surface area (Å²) in [5.41, 5.74) is -0.913. The molecule has 0 aliphatic heterocycles. The highest BCUT2D eigenvalue weighted by atomic mass is 32.2. The van der Waals surface area contributed by atoms with Gasteiger partial charge in [-0.25, -0.2) is 22.7 Å². The SMILES string of the molecule is O=C(O)c1ccc(S(=O)(=O)Nc2ccc(=O)[nH]n2)c(F)c1. The van der Waals surface area contributed by atoms with Gasteiger partial charge in [0.15, 0.2) is 5.82 Å². The summed E-state index contributed by atoms with van der Waals surface area (Å²) in [4.78, 5) is 20.7. The normalized spacial score (nSPS) is 11.1. The van der Waals surface area contributed by atoms with E-state index in [1.807, 2.05) is 9.82 Å². The summed E-state index contributed by atoms with van der Waals surface area (Å²) in [7, 11) is -4.30. The molecular weight excluding hydrogens is 305 g/mol. The number of anilines is 1. The van der Waals surface area contributed by atoms with Crippen LogP contribution in [0.3, 0.4) is 0 Å². The number of aromatic carboxylic acids is 1. The number of hydrogen-bond donors (Lipinski definition) is 3. The van der Waals surface area contributed by atoms with Crippen molar-refractivity contribution >= 4 is 21.8 Å². The highest BCUT2D eigenvalue weighted by molar-refractivity contribution is 7.92. The van der Waals surface area contributed by atoms with E-state index in [9.17, 15) is 22.4 Å². The van der Waals surface area contributed by atoms with E-state index in [1.165, 1.54) is 0 Å². The van der Waals surface area contributed by atoms with Crippen LogP contribution in [0.25, 0.3) is 0 Å². The van der Waals surface area contributed by atoms with Crippen LogP contribution in [-0.2, 0) is 10.0 Å². The van der Waals surface area contributed by atoms with Crippen molar-refractivity contribution in [3.8, 4) is 0 Å². The van der Waals surface area contributed by atoms with Gasteiger partial charge in [0.25, 0.3) is 15.6 Å². The van der Waals surface area contributed by atoms with E-state index < -0.39 is 32.3 Å². The smallest absolute Gasteiger partial charge is 0.335 e. The highest BCUT2D eigenvalue weighted by Crippen LogP contribution is 2.18. The van der Waals surface area contributed by atoms with Crippen LogP contribution in [0.2, 0.25) is 0 Å². The molecule has 10 heteroatoms. The van der Waals surface area contributed by atoms with Crippen molar-refractivity contribution < 1.29 is 22.7 Å². The lowest BCUT2D eigenvalue weighted by Gasteiger charge is -2.08. The molecule has 0 fully saturated rings. The Balaban J connectivity index is 2.37. The monoisotopic (exact) mass is 313 g/mol. The fraction of sp³-hybridized carbons (Fsp3) is 0. The zero-order valence-corrected chi connectivity index (χ0v) is 11.0. The predicted octanol–water partition coefficient (Wildman–Crippen LogP) is 0.408. The Hall–Kier alpha value is -2.75. The number of aromatic nitrogens is 2. The molecule has 2 aromatic rings. The number of carbonyl (C=O) groups is 1. The maximum absolute atomic E-state index is 13.7. The highest BCUT2D eigenvalue weighted by Gasteiger charge is 2.21. The van der Waals surface area contributed by atoms with Crippen LogP contribution in [0, 0.1) is 5.82 Å². The van der Waals surface area contributed by atoms with Crippen LogP contribution in [0.1, 0.15) is 10.4 Å². The first-order valence-electron chi connectivity index (χ1n) is 5.41.